The fourth-order valence-electron chi connectivity index (χ4n) is 2.15. The smallest absolute Gasteiger partial charge is 0.0940 e. The van der Waals surface area contributed by atoms with Crippen LogP contribution in [-0.2, 0) is 5.60 Å². The van der Waals surface area contributed by atoms with Gasteiger partial charge in [0.05, 0.1) is 5.60 Å². The van der Waals surface area contributed by atoms with Crippen LogP contribution in [-0.4, -0.2) is 5.11 Å². The molecule has 0 aliphatic heterocycles. The average Bonchev–Trinajstić information content (AvgIpc) is 2.62. The molecule has 0 spiro atoms. The highest BCUT2D eigenvalue weighted by molar-refractivity contribution is 9.10. The molecule has 2 rings (SSSR count). The van der Waals surface area contributed by atoms with E-state index in [1.54, 1.807) is 11.3 Å². The Morgan fingerprint density at radius 1 is 1.62 bits per heavy atom. The summed E-state index contributed by atoms with van der Waals surface area (Å²) in [5.74, 6) is 0.387. The van der Waals surface area contributed by atoms with Gasteiger partial charge >= 0.3 is 0 Å². The largest absolute Gasteiger partial charge is 0.385 e. The van der Waals surface area contributed by atoms with Gasteiger partial charge < -0.3 is 5.11 Å². The van der Waals surface area contributed by atoms with Crippen LogP contribution in [0.5, 0.6) is 0 Å². The molecule has 0 bridgehead atoms. The fraction of sp³-hybridized carbons (Fsp3) is 0.600. The highest BCUT2D eigenvalue weighted by Gasteiger charge is 2.41. The van der Waals surface area contributed by atoms with E-state index in [4.69, 9.17) is 0 Å². The average molecular weight is 261 g/mol. The molecule has 1 fully saturated rings. The first-order valence-electron chi connectivity index (χ1n) is 4.59. The van der Waals surface area contributed by atoms with Crippen LogP contribution in [0.25, 0.3) is 0 Å². The maximum absolute atomic E-state index is 10.5. The van der Waals surface area contributed by atoms with E-state index in [9.17, 15) is 5.11 Å². The lowest BCUT2D eigenvalue weighted by Gasteiger charge is -2.27. The molecule has 1 aromatic rings. The fourth-order valence-corrected chi connectivity index (χ4v) is 3.87. The molecule has 1 aromatic heterocycles. The molecule has 0 saturated heterocycles. The molecule has 0 amide bonds. The van der Waals surface area contributed by atoms with Gasteiger partial charge in [-0.2, -0.15) is 11.3 Å². The third-order valence-corrected chi connectivity index (χ3v) is 4.79. The maximum atomic E-state index is 10.5. The number of halogens is 1. The molecule has 0 aromatic carbocycles. The Hall–Kier alpha value is 0.140. The van der Waals surface area contributed by atoms with Gasteiger partial charge in [0.15, 0.2) is 0 Å². The summed E-state index contributed by atoms with van der Waals surface area (Å²) in [6.07, 6.45) is 3.18. The van der Waals surface area contributed by atoms with E-state index in [1.807, 2.05) is 5.38 Å². The maximum Gasteiger partial charge on any atom is 0.0940 e. The summed E-state index contributed by atoms with van der Waals surface area (Å²) in [5, 5.41) is 14.6. The minimum atomic E-state index is -0.571. The number of hydrogen-bond donors (Lipinski definition) is 1. The Kier molecular flexibility index (Phi) is 2.51. The summed E-state index contributed by atoms with van der Waals surface area (Å²) >= 11 is 5.14. The minimum Gasteiger partial charge on any atom is -0.385 e. The highest BCUT2D eigenvalue weighted by atomic mass is 79.9. The van der Waals surface area contributed by atoms with Crippen molar-refractivity contribution < 1.29 is 5.11 Å². The molecule has 1 aliphatic rings. The first-order valence-corrected chi connectivity index (χ1v) is 6.32. The molecule has 1 nitrogen and oxygen atoms in total. The van der Waals surface area contributed by atoms with Crippen LogP contribution in [0.3, 0.4) is 0 Å². The van der Waals surface area contributed by atoms with Crippen molar-refractivity contribution in [2.75, 3.05) is 0 Å². The summed E-state index contributed by atoms with van der Waals surface area (Å²) in [4.78, 5) is 0. The molecule has 72 valence electrons. The van der Waals surface area contributed by atoms with Crippen LogP contribution < -0.4 is 0 Å². The van der Waals surface area contributed by atoms with Crippen LogP contribution in [0.4, 0.5) is 0 Å². The van der Waals surface area contributed by atoms with Gasteiger partial charge in [-0.05, 0) is 46.5 Å². The monoisotopic (exact) mass is 260 g/mol. The van der Waals surface area contributed by atoms with Crippen LogP contribution in [0.15, 0.2) is 15.2 Å². The zero-order valence-corrected chi connectivity index (χ0v) is 9.99. The second kappa shape index (κ2) is 3.37. The molecule has 1 heterocycles. The van der Waals surface area contributed by atoms with Crippen molar-refractivity contribution in [3.05, 3.63) is 20.8 Å². The van der Waals surface area contributed by atoms with Crippen LogP contribution in [0, 0.1) is 5.92 Å². The van der Waals surface area contributed by atoms with E-state index in [0.29, 0.717) is 5.92 Å². The second-order valence-electron chi connectivity index (χ2n) is 3.85. The van der Waals surface area contributed by atoms with Gasteiger partial charge in [-0.3, -0.25) is 0 Å². The lowest BCUT2D eigenvalue weighted by atomic mass is 9.87. The van der Waals surface area contributed by atoms with Gasteiger partial charge in [0.25, 0.3) is 0 Å². The van der Waals surface area contributed by atoms with Crippen molar-refractivity contribution in [1.29, 1.82) is 0 Å². The zero-order chi connectivity index (χ0) is 9.47. The van der Waals surface area contributed by atoms with E-state index in [-0.39, 0.29) is 0 Å². The first-order chi connectivity index (χ1) is 6.14. The van der Waals surface area contributed by atoms with E-state index >= 15 is 0 Å². The quantitative estimate of drug-likeness (QED) is 0.820. The minimum absolute atomic E-state index is 0.387. The third-order valence-electron chi connectivity index (χ3n) is 3.09. The number of thiophene rings is 1. The summed E-state index contributed by atoms with van der Waals surface area (Å²) in [7, 11) is 0. The molecule has 2 unspecified atom stereocenters. The van der Waals surface area contributed by atoms with E-state index in [2.05, 4.69) is 28.2 Å². The molecule has 2 atom stereocenters. The van der Waals surface area contributed by atoms with Gasteiger partial charge in [-0.1, -0.05) is 6.92 Å². The predicted octanol–water partition coefficient (Wildman–Crippen LogP) is 3.52. The molecule has 0 radical (unpaired) electrons. The van der Waals surface area contributed by atoms with E-state index < -0.39 is 5.60 Å². The molecular weight excluding hydrogens is 248 g/mol. The Morgan fingerprint density at radius 3 is 2.85 bits per heavy atom. The van der Waals surface area contributed by atoms with Crippen molar-refractivity contribution in [1.82, 2.24) is 0 Å². The van der Waals surface area contributed by atoms with E-state index in [0.717, 1.165) is 29.3 Å². The highest BCUT2D eigenvalue weighted by Crippen LogP contribution is 2.46. The van der Waals surface area contributed by atoms with Gasteiger partial charge in [-0.15, -0.1) is 0 Å². The summed E-state index contributed by atoms with van der Waals surface area (Å²) in [5.41, 5.74) is 0.515. The Balaban J connectivity index is 2.39. The van der Waals surface area contributed by atoms with Gasteiger partial charge in [0.1, 0.15) is 0 Å². The van der Waals surface area contributed by atoms with Gasteiger partial charge in [0, 0.05) is 15.4 Å². The van der Waals surface area contributed by atoms with Gasteiger partial charge in [-0.25, -0.2) is 0 Å². The van der Waals surface area contributed by atoms with Crippen molar-refractivity contribution in [3.8, 4) is 0 Å². The molecule has 13 heavy (non-hydrogen) atoms. The molecule has 1 saturated carbocycles. The SMILES string of the molecule is CC1CCCC1(O)c1cscc1Br. The number of rotatable bonds is 1. The standard InChI is InChI=1S/C10H13BrOS/c1-7-3-2-4-10(7,12)8-5-13-6-9(8)11/h5-7,12H,2-4H2,1H3. The summed E-state index contributed by atoms with van der Waals surface area (Å²) < 4.78 is 1.06. The molecule has 3 heteroatoms. The van der Waals surface area contributed by atoms with Crippen molar-refractivity contribution in [2.24, 2.45) is 5.92 Å². The normalized spacial score (nSPS) is 33.9. The molecular formula is C10H13BrOS. The lowest BCUT2D eigenvalue weighted by Crippen LogP contribution is -2.28. The Morgan fingerprint density at radius 2 is 2.38 bits per heavy atom. The first kappa shape index (κ1) is 9.69. The summed E-state index contributed by atoms with van der Waals surface area (Å²) in [6.45, 7) is 2.14. The molecule has 1 N–H and O–H groups in total. The topological polar surface area (TPSA) is 20.2 Å². The lowest BCUT2D eigenvalue weighted by molar-refractivity contribution is 0.00424. The zero-order valence-electron chi connectivity index (χ0n) is 7.59. The second-order valence-corrected chi connectivity index (χ2v) is 5.45. The predicted molar refractivity (Wildman–Crippen MR) is 58.9 cm³/mol. The van der Waals surface area contributed by atoms with Crippen molar-refractivity contribution in [3.63, 3.8) is 0 Å². The number of hydrogen-bond acceptors (Lipinski definition) is 2. The summed E-state index contributed by atoms with van der Waals surface area (Å²) in [6, 6.07) is 0. The Bertz CT molecular complexity index is 310. The van der Waals surface area contributed by atoms with Crippen molar-refractivity contribution in [2.45, 2.75) is 31.8 Å². The van der Waals surface area contributed by atoms with Crippen LogP contribution >= 0.6 is 27.3 Å². The Labute approximate surface area is 90.9 Å². The van der Waals surface area contributed by atoms with E-state index in [1.165, 1.54) is 0 Å². The van der Waals surface area contributed by atoms with Crippen LogP contribution in [0.2, 0.25) is 0 Å². The van der Waals surface area contributed by atoms with Crippen molar-refractivity contribution >= 4 is 27.3 Å². The van der Waals surface area contributed by atoms with Gasteiger partial charge in [0.2, 0.25) is 0 Å². The third kappa shape index (κ3) is 1.47. The molecule has 1 aliphatic carbocycles. The van der Waals surface area contributed by atoms with Crippen LogP contribution in [0.1, 0.15) is 31.7 Å². The number of aliphatic hydroxyl groups is 1.